The van der Waals surface area contributed by atoms with Gasteiger partial charge in [-0.05, 0) is 49.4 Å². The predicted octanol–water partition coefficient (Wildman–Crippen LogP) is 2.71. The van der Waals surface area contributed by atoms with Crippen molar-refractivity contribution >= 4 is 50.8 Å². The van der Waals surface area contributed by atoms with Gasteiger partial charge < -0.3 is 10.1 Å². The van der Waals surface area contributed by atoms with Gasteiger partial charge in [0.15, 0.2) is 6.10 Å². The van der Waals surface area contributed by atoms with Crippen molar-refractivity contribution in [2.24, 2.45) is 0 Å². The minimum absolute atomic E-state index is 0.118. The fourth-order valence-electron chi connectivity index (χ4n) is 2.06. The Morgan fingerprint density at radius 1 is 1.17 bits per heavy atom. The first kappa shape index (κ1) is 22.6. The van der Waals surface area contributed by atoms with Gasteiger partial charge in [0.25, 0.3) is 5.91 Å². The highest BCUT2D eigenvalue weighted by Gasteiger charge is 2.21. The first-order valence-electron chi connectivity index (χ1n) is 8.07. The van der Waals surface area contributed by atoms with E-state index in [0.29, 0.717) is 10.6 Å². The van der Waals surface area contributed by atoms with Crippen LogP contribution in [0.2, 0.25) is 10.0 Å². The summed E-state index contributed by atoms with van der Waals surface area (Å²) in [5, 5.41) is 11.8. The van der Waals surface area contributed by atoms with Crippen molar-refractivity contribution in [2.45, 2.75) is 17.9 Å². The van der Waals surface area contributed by atoms with Crippen molar-refractivity contribution in [1.82, 2.24) is 4.72 Å². The molecule has 0 spiro atoms. The van der Waals surface area contributed by atoms with Gasteiger partial charge in [0.1, 0.15) is 6.54 Å². The zero-order valence-corrected chi connectivity index (χ0v) is 17.3. The molecule has 29 heavy (non-hydrogen) atoms. The van der Waals surface area contributed by atoms with E-state index >= 15 is 0 Å². The number of carbonyl (C=O) groups is 2. The van der Waals surface area contributed by atoms with E-state index in [1.807, 2.05) is 6.07 Å². The third-order valence-corrected chi connectivity index (χ3v) is 5.53. The van der Waals surface area contributed by atoms with E-state index in [-0.39, 0.29) is 15.6 Å². The number of hydrogen-bond acceptors (Lipinski definition) is 6. The van der Waals surface area contributed by atoms with Crippen LogP contribution in [0.1, 0.15) is 12.5 Å². The van der Waals surface area contributed by atoms with Gasteiger partial charge in [-0.3, -0.25) is 9.59 Å². The lowest BCUT2D eigenvalue weighted by Crippen LogP contribution is -2.35. The quantitative estimate of drug-likeness (QED) is 0.618. The van der Waals surface area contributed by atoms with Crippen LogP contribution in [0.25, 0.3) is 0 Å². The van der Waals surface area contributed by atoms with Crippen molar-refractivity contribution < 1.29 is 22.7 Å². The molecule has 0 saturated heterocycles. The standard InChI is InChI=1S/C18H15Cl2N3O5S/c1-11(18(25)23-16-7-4-13(19)8-15(16)20)28-17(24)10-22-29(26,27)14-5-2-12(9-21)3-6-14/h2-8,11,22H,10H2,1H3,(H,23,25). The summed E-state index contributed by atoms with van der Waals surface area (Å²) in [7, 11) is -3.99. The van der Waals surface area contributed by atoms with Gasteiger partial charge in [-0.2, -0.15) is 9.98 Å². The van der Waals surface area contributed by atoms with Crippen LogP contribution in [0, 0.1) is 11.3 Å². The monoisotopic (exact) mass is 455 g/mol. The lowest BCUT2D eigenvalue weighted by molar-refractivity contribution is -0.151. The molecule has 8 nitrogen and oxygen atoms in total. The summed E-state index contributed by atoms with van der Waals surface area (Å²) in [5.74, 6) is -1.61. The van der Waals surface area contributed by atoms with Crippen molar-refractivity contribution in [3.8, 4) is 6.07 Å². The van der Waals surface area contributed by atoms with Gasteiger partial charge in [-0.25, -0.2) is 8.42 Å². The van der Waals surface area contributed by atoms with E-state index in [0.717, 1.165) is 0 Å². The van der Waals surface area contributed by atoms with Crippen LogP contribution in [0.15, 0.2) is 47.4 Å². The molecule has 0 saturated carbocycles. The summed E-state index contributed by atoms with van der Waals surface area (Å²) in [6.07, 6.45) is -1.20. The Morgan fingerprint density at radius 3 is 2.41 bits per heavy atom. The molecule has 0 radical (unpaired) electrons. The van der Waals surface area contributed by atoms with Crippen molar-refractivity contribution in [3.05, 3.63) is 58.1 Å². The minimum atomic E-state index is -3.99. The Bertz CT molecular complexity index is 1070. The first-order valence-corrected chi connectivity index (χ1v) is 10.3. The summed E-state index contributed by atoms with van der Waals surface area (Å²) >= 11 is 11.7. The van der Waals surface area contributed by atoms with Crippen molar-refractivity contribution in [1.29, 1.82) is 5.26 Å². The number of anilines is 1. The van der Waals surface area contributed by atoms with Gasteiger partial charge in [-0.15, -0.1) is 0 Å². The van der Waals surface area contributed by atoms with Crippen LogP contribution in [0.5, 0.6) is 0 Å². The second-order valence-corrected chi connectivity index (χ2v) is 8.32. The number of esters is 1. The fraction of sp³-hybridized carbons (Fsp3) is 0.167. The molecule has 0 bridgehead atoms. The first-order chi connectivity index (χ1) is 13.6. The molecule has 1 atom stereocenters. The maximum Gasteiger partial charge on any atom is 0.321 e. The molecule has 152 valence electrons. The summed E-state index contributed by atoms with van der Waals surface area (Å²) in [6, 6.07) is 11.5. The number of halogens is 2. The van der Waals surface area contributed by atoms with Crippen LogP contribution in [0.3, 0.4) is 0 Å². The Kier molecular flexibility index (Phi) is 7.59. The average Bonchev–Trinajstić information content (AvgIpc) is 2.68. The number of ether oxygens (including phenoxy) is 1. The SMILES string of the molecule is CC(OC(=O)CNS(=O)(=O)c1ccc(C#N)cc1)C(=O)Nc1ccc(Cl)cc1Cl. The molecule has 2 aromatic carbocycles. The molecular formula is C18H15Cl2N3O5S. The molecular weight excluding hydrogens is 441 g/mol. The van der Waals surface area contributed by atoms with Crippen molar-refractivity contribution in [2.75, 3.05) is 11.9 Å². The smallest absolute Gasteiger partial charge is 0.321 e. The van der Waals surface area contributed by atoms with Gasteiger partial charge in [0.05, 0.1) is 27.2 Å². The number of benzene rings is 2. The second kappa shape index (κ2) is 9.71. The van der Waals surface area contributed by atoms with Crippen LogP contribution < -0.4 is 10.0 Å². The van der Waals surface area contributed by atoms with Crippen molar-refractivity contribution in [3.63, 3.8) is 0 Å². The Balaban J connectivity index is 1.90. The number of sulfonamides is 1. The van der Waals surface area contributed by atoms with Gasteiger partial charge in [0, 0.05) is 5.02 Å². The van der Waals surface area contributed by atoms with Gasteiger partial charge in [-0.1, -0.05) is 23.2 Å². The number of nitrogens with zero attached hydrogens (tertiary/aromatic N) is 1. The maximum atomic E-state index is 12.2. The molecule has 1 amide bonds. The Labute approximate surface area is 177 Å². The third kappa shape index (κ3) is 6.44. The molecule has 0 fully saturated rings. The molecule has 11 heteroatoms. The summed E-state index contributed by atoms with van der Waals surface area (Å²) in [6.45, 7) is 0.647. The van der Waals surface area contributed by atoms with E-state index in [2.05, 4.69) is 10.0 Å². The zero-order chi connectivity index (χ0) is 21.6. The largest absolute Gasteiger partial charge is 0.452 e. The maximum absolute atomic E-state index is 12.2. The highest BCUT2D eigenvalue weighted by atomic mass is 35.5. The zero-order valence-electron chi connectivity index (χ0n) is 15.0. The van der Waals surface area contributed by atoms with Crippen LogP contribution >= 0.6 is 23.2 Å². The number of amides is 1. The third-order valence-electron chi connectivity index (χ3n) is 3.57. The van der Waals surface area contributed by atoms with E-state index in [1.54, 1.807) is 0 Å². The molecule has 0 heterocycles. The van der Waals surface area contributed by atoms with E-state index < -0.39 is 34.5 Å². The highest BCUT2D eigenvalue weighted by Crippen LogP contribution is 2.25. The highest BCUT2D eigenvalue weighted by molar-refractivity contribution is 7.89. The molecule has 0 aliphatic heterocycles. The van der Waals surface area contributed by atoms with Crippen LogP contribution in [0.4, 0.5) is 5.69 Å². The normalized spacial score (nSPS) is 11.9. The van der Waals surface area contributed by atoms with E-state index in [9.17, 15) is 18.0 Å². The fourth-order valence-corrected chi connectivity index (χ4v) is 3.49. The summed E-state index contributed by atoms with van der Waals surface area (Å²) < 4.78 is 31.3. The number of carbonyl (C=O) groups excluding carboxylic acids is 2. The molecule has 0 aliphatic rings. The minimum Gasteiger partial charge on any atom is -0.452 e. The molecule has 2 N–H and O–H groups in total. The number of rotatable bonds is 7. The van der Waals surface area contributed by atoms with Crippen LogP contribution in [-0.2, 0) is 24.3 Å². The predicted molar refractivity (Wildman–Crippen MR) is 107 cm³/mol. The van der Waals surface area contributed by atoms with E-state index in [4.69, 9.17) is 33.2 Å². The topological polar surface area (TPSA) is 125 Å². The molecule has 1 unspecified atom stereocenters. The second-order valence-electron chi connectivity index (χ2n) is 5.71. The number of nitriles is 1. The average molecular weight is 456 g/mol. The lowest BCUT2D eigenvalue weighted by Gasteiger charge is -2.14. The number of nitrogens with one attached hydrogen (secondary N) is 2. The summed E-state index contributed by atoms with van der Waals surface area (Å²) in [5.41, 5.74) is 0.578. The van der Waals surface area contributed by atoms with Crippen LogP contribution in [-0.4, -0.2) is 32.9 Å². The summed E-state index contributed by atoms with van der Waals surface area (Å²) in [4.78, 5) is 23.9. The lowest BCUT2D eigenvalue weighted by atomic mass is 10.2. The Morgan fingerprint density at radius 2 is 1.83 bits per heavy atom. The Hall–Kier alpha value is -2.64. The molecule has 0 aliphatic carbocycles. The number of hydrogen-bond donors (Lipinski definition) is 2. The van der Waals surface area contributed by atoms with Gasteiger partial charge in [0.2, 0.25) is 10.0 Å². The molecule has 2 rings (SSSR count). The van der Waals surface area contributed by atoms with Gasteiger partial charge >= 0.3 is 5.97 Å². The molecule has 0 aromatic heterocycles. The van der Waals surface area contributed by atoms with E-state index in [1.165, 1.54) is 49.4 Å². The molecule has 2 aromatic rings.